The van der Waals surface area contributed by atoms with Crippen LogP contribution in [0.3, 0.4) is 0 Å². The van der Waals surface area contributed by atoms with Gasteiger partial charge in [0.15, 0.2) is 4.90 Å². The van der Waals surface area contributed by atoms with Crippen molar-refractivity contribution >= 4 is 28.1 Å². The number of fused-ring (bicyclic) bond motifs is 2. The summed E-state index contributed by atoms with van der Waals surface area (Å²) < 4.78 is 27.5. The first-order chi connectivity index (χ1) is 11.2. The zero-order chi connectivity index (χ0) is 17.6. The standard InChI is InChI=1S/C16H23N3O4S.ClH/c1-10-6-15(19(20)21)16(7-11(10)2)24(22,23)18(3)14-8-12-4-5-13(9-14)17-12;/h6-7,12-14,17H,4-5,8-9H2,1-3H3;1H. The molecular weight excluding hydrogens is 366 g/mol. The summed E-state index contributed by atoms with van der Waals surface area (Å²) in [4.78, 5) is 10.5. The van der Waals surface area contributed by atoms with Gasteiger partial charge >= 0.3 is 0 Å². The first-order valence-corrected chi connectivity index (χ1v) is 9.64. The summed E-state index contributed by atoms with van der Waals surface area (Å²) in [6.45, 7) is 3.51. The summed E-state index contributed by atoms with van der Waals surface area (Å²) in [7, 11) is -2.36. The van der Waals surface area contributed by atoms with Crippen LogP contribution in [0.25, 0.3) is 0 Å². The fourth-order valence-corrected chi connectivity index (χ4v) is 5.40. The van der Waals surface area contributed by atoms with Gasteiger partial charge in [0, 0.05) is 31.2 Å². The smallest absolute Gasteiger partial charge is 0.289 e. The topological polar surface area (TPSA) is 92.5 Å². The minimum atomic E-state index is -3.91. The number of hydrogen-bond acceptors (Lipinski definition) is 5. The van der Waals surface area contributed by atoms with Crippen molar-refractivity contribution in [2.24, 2.45) is 0 Å². The number of halogens is 1. The molecule has 1 aromatic rings. The molecule has 0 amide bonds. The van der Waals surface area contributed by atoms with Gasteiger partial charge < -0.3 is 5.32 Å². The van der Waals surface area contributed by atoms with Crippen molar-refractivity contribution in [3.05, 3.63) is 33.4 Å². The van der Waals surface area contributed by atoms with E-state index < -0.39 is 14.9 Å². The molecule has 140 valence electrons. The van der Waals surface area contributed by atoms with Crippen molar-refractivity contribution in [3.8, 4) is 0 Å². The van der Waals surface area contributed by atoms with Gasteiger partial charge in [-0.1, -0.05) is 0 Å². The van der Waals surface area contributed by atoms with Crippen molar-refractivity contribution in [2.75, 3.05) is 7.05 Å². The number of nitrogens with one attached hydrogen (secondary N) is 1. The van der Waals surface area contributed by atoms with Crippen LogP contribution in [0.5, 0.6) is 0 Å². The van der Waals surface area contributed by atoms with E-state index in [1.165, 1.54) is 16.4 Å². The molecule has 2 saturated heterocycles. The van der Waals surface area contributed by atoms with Gasteiger partial charge in [-0.2, -0.15) is 4.31 Å². The van der Waals surface area contributed by atoms with E-state index in [9.17, 15) is 18.5 Å². The zero-order valence-corrected chi connectivity index (χ0v) is 16.2. The van der Waals surface area contributed by atoms with Gasteiger partial charge in [-0.3, -0.25) is 10.1 Å². The average molecular weight is 390 g/mol. The molecule has 2 unspecified atom stereocenters. The zero-order valence-electron chi connectivity index (χ0n) is 14.6. The Morgan fingerprint density at radius 1 is 1.16 bits per heavy atom. The minimum Gasteiger partial charge on any atom is -0.311 e. The van der Waals surface area contributed by atoms with Crippen LogP contribution in [0, 0.1) is 24.0 Å². The summed E-state index contributed by atoms with van der Waals surface area (Å²) in [6.07, 6.45) is 3.65. The highest BCUT2D eigenvalue weighted by Crippen LogP contribution is 2.34. The third-order valence-corrected chi connectivity index (χ3v) is 7.33. The Labute approximate surface area is 154 Å². The van der Waals surface area contributed by atoms with E-state index in [-0.39, 0.29) is 29.0 Å². The van der Waals surface area contributed by atoms with Crippen molar-refractivity contribution in [2.45, 2.75) is 62.6 Å². The Morgan fingerprint density at radius 3 is 2.20 bits per heavy atom. The lowest BCUT2D eigenvalue weighted by Gasteiger charge is -2.34. The van der Waals surface area contributed by atoms with E-state index in [1.54, 1.807) is 20.9 Å². The Balaban J connectivity index is 0.00000225. The molecule has 2 bridgehead atoms. The average Bonchev–Trinajstić information content (AvgIpc) is 2.86. The molecule has 1 N–H and O–H groups in total. The van der Waals surface area contributed by atoms with Gasteiger partial charge in [0.25, 0.3) is 5.69 Å². The molecule has 2 aliphatic rings. The van der Waals surface area contributed by atoms with Crippen molar-refractivity contribution < 1.29 is 13.3 Å². The largest absolute Gasteiger partial charge is 0.311 e. The highest BCUT2D eigenvalue weighted by Gasteiger charge is 2.40. The quantitative estimate of drug-likeness (QED) is 0.631. The molecule has 7 nitrogen and oxygen atoms in total. The van der Waals surface area contributed by atoms with Crippen LogP contribution >= 0.6 is 12.4 Å². The van der Waals surface area contributed by atoms with Crippen LogP contribution in [-0.4, -0.2) is 42.8 Å². The van der Waals surface area contributed by atoms with Crippen LogP contribution in [0.15, 0.2) is 17.0 Å². The normalized spacial score (nSPS) is 25.7. The van der Waals surface area contributed by atoms with Crippen LogP contribution in [0.1, 0.15) is 36.8 Å². The van der Waals surface area contributed by atoms with Gasteiger partial charge in [0.1, 0.15) is 0 Å². The summed E-state index contributed by atoms with van der Waals surface area (Å²) in [5.74, 6) is 0. The molecule has 0 aromatic heterocycles. The highest BCUT2D eigenvalue weighted by molar-refractivity contribution is 7.89. The molecular formula is C16H24ClN3O4S. The minimum absolute atomic E-state index is 0. The van der Waals surface area contributed by atoms with E-state index in [1.807, 2.05) is 0 Å². The second kappa shape index (κ2) is 7.19. The molecule has 0 radical (unpaired) electrons. The van der Waals surface area contributed by atoms with Crippen LogP contribution in [-0.2, 0) is 10.0 Å². The van der Waals surface area contributed by atoms with Gasteiger partial charge in [-0.05, 0) is 56.7 Å². The van der Waals surface area contributed by atoms with E-state index in [4.69, 9.17) is 0 Å². The number of benzene rings is 1. The van der Waals surface area contributed by atoms with Crippen LogP contribution < -0.4 is 5.32 Å². The molecule has 2 atom stereocenters. The number of nitro groups is 1. The van der Waals surface area contributed by atoms with Crippen molar-refractivity contribution in [3.63, 3.8) is 0 Å². The molecule has 9 heteroatoms. The summed E-state index contributed by atoms with van der Waals surface area (Å²) in [5, 5.41) is 14.8. The number of sulfonamides is 1. The number of rotatable bonds is 4. The number of nitrogens with zero attached hydrogens (tertiary/aromatic N) is 2. The second-order valence-electron chi connectivity index (χ2n) is 6.95. The van der Waals surface area contributed by atoms with E-state index >= 15 is 0 Å². The van der Waals surface area contributed by atoms with E-state index in [2.05, 4.69) is 5.32 Å². The number of nitro benzene ring substituents is 1. The second-order valence-corrected chi connectivity index (χ2v) is 8.91. The fraction of sp³-hybridized carbons (Fsp3) is 0.625. The van der Waals surface area contributed by atoms with Gasteiger partial charge in [-0.15, -0.1) is 12.4 Å². The lowest BCUT2D eigenvalue weighted by molar-refractivity contribution is -0.387. The molecule has 3 rings (SSSR count). The first kappa shape index (κ1) is 20.1. The number of piperidine rings is 1. The molecule has 1 aromatic carbocycles. The Hall–Kier alpha value is -1.22. The molecule has 0 spiro atoms. The summed E-state index contributed by atoms with van der Waals surface area (Å²) in [5.41, 5.74) is 1.10. The fourth-order valence-electron chi connectivity index (χ4n) is 3.80. The van der Waals surface area contributed by atoms with Crippen LogP contribution in [0.2, 0.25) is 0 Å². The Bertz CT molecular complexity index is 772. The lowest BCUT2D eigenvalue weighted by Crippen LogP contribution is -2.48. The molecule has 0 aliphatic carbocycles. The van der Waals surface area contributed by atoms with Gasteiger partial charge in [-0.25, -0.2) is 8.42 Å². The Kier molecular flexibility index (Phi) is 5.78. The maximum absolute atomic E-state index is 13.1. The van der Waals surface area contributed by atoms with Crippen molar-refractivity contribution in [1.29, 1.82) is 0 Å². The summed E-state index contributed by atoms with van der Waals surface area (Å²) in [6, 6.07) is 3.36. The molecule has 2 fully saturated rings. The van der Waals surface area contributed by atoms with Gasteiger partial charge in [0.2, 0.25) is 10.0 Å². The molecule has 2 heterocycles. The number of aryl methyl sites for hydroxylation is 2. The van der Waals surface area contributed by atoms with E-state index in [0.717, 1.165) is 31.2 Å². The predicted octanol–water partition coefficient (Wildman–Crippen LogP) is 2.54. The molecule has 25 heavy (non-hydrogen) atoms. The lowest BCUT2D eigenvalue weighted by atomic mass is 10.0. The Morgan fingerprint density at radius 2 is 1.68 bits per heavy atom. The predicted molar refractivity (Wildman–Crippen MR) is 97.7 cm³/mol. The van der Waals surface area contributed by atoms with Crippen molar-refractivity contribution in [1.82, 2.24) is 9.62 Å². The molecule has 0 saturated carbocycles. The van der Waals surface area contributed by atoms with Crippen LogP contribution in [0.4, 0.5) is 5.69 Å². The van der Waals surface area contributed by atoms with E-state index in [0.29, 0.717) is 17.6 Å². The third-order valence-electron chi connectivity index (χ3n) is 5.39. The number of hydrogen-bond donors (Lipinski definition) is 1. The molecule has 2 aliphatic heterocycles. The highest BCUT2D eigenvalue weighted by atomic mass is 35.5. The monoisotopic (exact) mass is 389 g/mol. The first-order valence-electron chi connectivity index (χ1n) is 8.20. The summed E-state index contributed by atoms with van der Waals surface area (Å²) >= 11 is 0. The maximum atomic E-state index is 13.1. The third kappa shape index (κ3) is 3.67. The SMILES string of the molecule is Cc1cc([N+](=O)[O-])c(S(=O)(=O)N(C)C2CC3CCC(C2)N3)cc1C.Cl. The maximum Gasteiger partial charge on any atom is 0.289 e. The van der Waals surface area contributed by atoms with Gasteiger partial charge in [0.05, 0.1) is 4.92 Å².